The van der Waals surface area contributed by atoms with Crippen LogP contribution in [0.2, 0.25) is 0 Å². The number of carbonyl (C=O) groups excluding carboxylic acids is 2. The van der Waals surface area contributed by atoms with E-state index in [1.807, 2.05) is 27.7 Å². The number of esters is 1. The van der Waals surface area contributed by atoms with Gasteiger partial charge in [-0.25, -0.2) is 4.79 Å². The Morgan fingerprint density at radius 1 is 1.33 bits per heavy atom. The average molecular weight is 257 g/mol. The van der Waals surface area contributed by atoms with E-state index in [1.165, 1.54) is 0 Å². The van der Waals surface area contributed by atoms with Gasteiger partial charge in [0.1, 0.15) is 5.60 Å². The maximum atomic E-state index is 11.9. The van der Waals surface area contributed by atoms with E-state index >= 15 is 0 Å². The van der Waals surface area contributed by atoms with E-state index in [0.717, 1.165) is 0 Å². The molecule has 1 unspecified atom stereocenters. The van der Waals surface area contributed by atoms with E-state index in [1.54, 1.807) is 11.8 Å². The molecule has 0 bridgehead atoms. The van der Waals surface area contributed by atoms with Gasteiger partial charge in [0, 0.05) is 13.1 Å². The monoisotopic (exact) mass is 257 g/mol. The summed E-state index contributed by atoms with van der Waals surface area (Å²) in [7, 11) is 0. The largest absolute Gasteiger partial charge is 0.466 e. The zero-order valence-electron chi connectivity index (χ0n) is 11.9. The van der Waals surface area contributed by atoms with Crippen LogP contribution in [0.5, 0.6) is 0 Å². The van der Waals surface area contributed by atoms with E-state index in [2.05, 4.69) is 0 Å². The summed E-state index contributed by atoms with van der Waals surface area (Å²) in [4.78, 5) is 25.3. The fourth-order valence-electron chi connectivity index (χ4n) is 1.92. The third-order valence-electron chi connectivity index (χ3n) is 2.89. The summed E-state index contributed by atoms with van der Waals surface area (Å²) in [6, 6.07) is 0. The minimum absolute atomic E-state index is 0.240. The molecule has 1 amide bonds. The fourth-order valence-corrected chi connectivity index (χ4v) is 1.92. The second-order valence-corrected chi connectivity index (χ2v) is 5.93. The van der Waals surface area contributed by atoms with Crippen molar-refractivity contribution in [1.82, 2.24) is 4.90 Å². The van der Waals surface area contributed by atoms with Crippen molar-refractivity contribution in [3.05, 3.63) is 0 Å². The lowest BCUT2D eigenvalue weighted by molar-refractivity contribution is -0.153. The Labute approximate surface area is 108 Å². The Morgan fingerprint density at radius 3 is 2.44 bits per heavy atom. The SMILES string of the molecule is CCOC(=O)C1(C)CCN(C(=O)OC(C)(C)C)C1. The van der Waals surface area contributed by atoms with Crippen LogP contribution in [0.1, 0.15) is 41.0 Å². The molecule has 0 radical (unpaired) electrons. The molecule has 0 aromatic heterocycles. The van der Waals surface area contributed by atoms with Crippen LogP contribution < -0.4 is 0 Å². The maximum Gasteiger partial charge on any atom is 0.410 e. The van der Waals surface area contributed by atoms with Crippen LogP contribution in [-0.4, -0.2) is 42.3 Å². The summed E-state index contributed by atoms with van der Waals surface area (Å²) in [5.74, 6) is -0.240. The van der Waals surface area contributed by atoms with Crippen molar-refractivity contribution in [3.8, 4) is 0 Å². The van der Waals surface area contributed by atoms with Crippen molar-refractivity contribution >= 4 is 12.1 Å². The molecule has 1 atom stereocenters. The minimum Gasteiger partial charge on any atom is -0.466 e. The molecule has 5 nitrogen and oxygen atoms in total. The van der Waals surface area contributed by atoms with Crippen LogP contribution in [0.25, 0.3) is 0 Å². The maximum absolute atomic E-state index is 11.9. The number of nitrogens with zero attached hydrogens (tertiary/aromatic N) is 1. The van der Waals surface area contributed by atoms with Crippen molar-refractivity contribution in [3.63, 3.8) is 0 Å². The molecule has 0 saturated carbocycles. The Hall–Kier alpha value is -1.26. The highest BCUT2D eigenvalue weighted by atomic mass is 16.6. The highest BCUT2D eigenvalue weighted by Gasteiger charge is 2.44. The summed E-state index contributed by atoms with van der Waals surface area (Å²) in [5, 5.41) is 0. The Bertz CT molecular complexity index is 334. The van der Waals surface area contributed by atoms with Gasteiger partial charge in [0.05, 0.1) is 12.0 Å². The summed E-state index contributed by atoms with van der Waals surface area (Å²) in [6.45, 7) is 10.3. The number of hydrogen-bond acceptors (Lipinski definition) is 4. The number of likely N-dealkylation sites (tertiary alicyclic amines) is 1. The van der Waals surface area contributed by atoms with Crippen LogP contribution in [0.3, 0.4) is 0 Å². The van der Waals surface area contributed by atoms with Crippen molar-refractivity contribution in [2.24, 2.45) is 5.41 Å². The molecular formula is C13H23NO4. The standard InChI is InChI=1S/C13H23NO4/c1-6-17-10(15)13(5)7-8-14(9-13)11(16)18-12(2,3)4/h6-9H2,1-5H3. The van der Waals surface area contributed by atoms with Crippen LogP contribution in [0.4, 0.5) is 4.79 Å². The van der Waals surface area contributed by atoms with Gasteiger partial charge in [-0.3, -0.25) is 4.79 Å². The van der Waals surface area contributed by atoms with E-state index in [9.17, 15) is 9.59 Å². The van der Waals surface area contributed by atoms with E-state index in [-0.39, 0.29) is 12.1 Å². The Morgan fingerprint density at radius 2 is 1.94 bits per heavy atom. The molecule has 1 saturated heterocycles. The molecule has 1 aliphatic heterocycles. The topological polar surface area (TPSA) is 55.8 Å². The lowest BCUT2D eigenvalue weighted by atomic mass is 9.90. The second kappa shape index (κ2) is 5.16. The first-order chi connectivity index (χ1) is 8.18. The smallest absolute Gasteiger partial charge is 0.410 e. The summed E-state index contributed by atoms with van der Waals surface area (Å²) in [6.07, 6.45) is 0.251. The van der Waals surface area contributed by atoms with Crippen molar-refractivity contribution in [2.75, 3.05) is 19.7 Å². The van der Waals surface area contributed by atoms with Crippen molar-refractivity contribution < 1.29 is 19.1 Å². The molecule has 0 N–H and O–H groups in total. The number of ether oxygens (including phenoxy) is 2. The van der Waals surface area contributed by atoms with Crippen LogP contribution >= 0.6 is 0 Å². The van der Waals surface area contributed by atoms with Gasteiger partial charge in [0.2, 0.25) is 0 Å². The van der Waals surface area contributed by atoms with Crippen molar-refractivity contribution in [2.45, 2.75) is 46.6 Å². The molecule has 18 heavy (non-hydrogen) atoms. The first-order valence-electron chi connectivity index (χ1n) is 6.33. The van der Waals surface area contributed by atoms with E-state index in [0.29, 0.717) is 26.1 Å². The highest BCUT2D eigenvalue weighted by molar-refractivity contribution is 5.79. The van der Waals surface area contributed by atoms with Gasteiger partial charge in [-0.1, -0.05) is 0 Å². The summed E-state index contributed by atoms with van der Waals surface area (Å²) in [5.41, 5.74) is -1.12. The molecule has 5 heteroatoms. The molecule has 1 aliphatic rings. The number of hydrogen-bond donors (Lipinski definition) is 0. The quantitative estimate of drug-likeness (QED) is 0.712. The summed E-state index contributed by atoms with van der Waals surface area (Å²) >= 11 is 0. The highest BCUT2D eigenvalue weighted by Crippen LogP contribution is 2.32. The zero-order chi connectivity index (χ0) is 14.0. The predicted octanol–water partition coefficient (Wildman–Crippen LogP) is 2.20. The van der Waals surface area contributed by atoms with Crippen LogP contribution in [0, 0.1) is 5.41 Å². The van der Waals surface area contributed by atoms with Crippen LogP contribution in [0.15, 0.2) is 0 Å². The normalized spacial score (nSPS) is 23.9. The van der Waals surface area contributed by atoms with Crippen molar-refractivity contribution in [1.29, 1.82) is 0 Å². The summed E-state index contributed by atoms with van der Waals surface area (Å²) < 4.78 is 10.3. The minimum atomic E-state index is -0.604. The zero-order valence-corrected chi connectivity index (χ0v) is 11.9. The molecule has 1 heterocycles. The third kappa shape index (κ3) is 3.62. The van der Waals surface area contributed by atoms with Gasteiger partial charge in [0.25, 0.3) is 0 Å². The molecule has 0 aliphatic carbocycles. The molecule has 0 aromatic carbocycles. The molecule has 1 fully saturated rings. The molecule has 0 aromatic rings. The van der Waals surface area contributed by atoms with Gasteiger partial charge >= 0.3 is 12.1 Å². The predicted molar refractivity (Wildman–Crippen MR) is 67.2 cm³/mol. The molecule has 104 valence electrons. The number of rotatable bonds is 2. The molecule has 1 rings (SSSR count). The van der Waals surface area contributed by atoms with E-state index < -0.39 is 11.0 Å². The van der Waals surface area contributed by atoms with Gasteiger partial charge in [0.15, 0.2) is 0 Å². The lowest BCUT2D eigenvalue weighted by Gasteiger charge is -2.26. The molecular weight excluding hydrogens is 234 g/mol. The van der Waals surface area contributed by atoms with Gasteiger partial charge < -0.3 is 14.4 Å². The van der Waals surface area contributed by atoms with Gasteiger partial charge in [-0.2, -0.15) is 0 Å². The first kappa shape index (κ1) is 14.8. The Balaban J connectivity index is 2.60. The average Bonchev–Trinajstić information content (AvgIpc) is 2.60. The Kier molecular flexibility index (Phi) is 4.24. The molecule has 0 spiro atoms. The van der Waals surface area contributed by atoms with E-state index in [4.69, 9.17) is 9.47 Å². The fraction of sp³-hybridized carbons (Fsp3) is 0.846. The van der Waals surface area contributed by atoms with Gasteiger partial charge in [-0.05, 0) is 41.0 Å². The third-order valence-corrected chi connectivity index (χ3v) is 2.89. The number of amides is 1. The number of carbonyl (C=O) groups is 2. The first-order valence-corrected chi connectivity index (χ1v) is 6.33. The second-order valence-electron chi connectivity index (χ2n) is 5.93. The van der Waals surface area contributed by atoms with Crippen LogP contribution in [-0.2, 0) is 14.3 Å². The van der Waals surface area contributed by atoms with Gasteiger partial charge in [-0.15, -0.1) is 0 Å². The lowest BCUT2D eigenvalue weighted by Crippen LogP contribution is -2.38.